The number of aromatic nitrogens is 2. The van der Waals surface area contributed by atoms with Gasteiger partial charge in [-0.3, -0.25) is 4.79 Å². The molecule has 0 aliphatic heterocycles. The maximum Gasteiger partial charge on any atom is 0.421 e. The highest BCUT2D eigenvalue weighted by molar-refractivity contribution is 5.94. The number of hydrogen-bond acceptors (Lipinski definition) is 6. The van der Waals surface area contributed by atoms with Gasteiger partial charge in [0.1, 0.15) is 11.4 Å². The van der Waals surface area contributed by atoms with Crippen LogP contribution in [-0.4, -0.2) is 65.9 Å². The van der Waals surface area contributed by atoms with Gasteiger partial charge >= 0.3 is 6.18 Å². The zero-order chi connectivity index (χ0) is 22.8. The molecule has 3 rings (SSSR count). The van der Waals surface area contributed by atoms with Gasteiger partial charge in [0.25, 0.3) is 5.91 Å². The zero-order valence-electron chi connectivity index (χ0n) is 18.0. The Hall–Kier alpha value is -2.88. The number of carbonyl (C=O) groups excluding carboxylic acids is 1. The fraction of sp³-hybridized carbons (Fsp3) is 0.476. The third-order valence-electron chi connectivity index (χ3n) is 5.33. The molecule has 1 heterocycles. The smallest absolute Gasteiger partial charge is 0.365 e. The van der Waals surface area contributed by atoms with Gasteiger partial charge in [-0.05, 0) is 51.6 Å². The fourth-order valence-corrected chi connectivity index (χ4v) is 3.78. The van der Waals surface area contributed by atoms with E-state index in [0.29, 0.717) is 11.3 Å². The van der Waals surface area contributed by atoms with Crippen LogP contribution in [0.2, 0.25) is 0 Å². The van der Waals surface area contributed by atoms with Crippen LogP contribution in [0, 0.1) is 0 Å². The summed E-state index contributed by atoms with van der Waals surface area (Å²) in [5.41, 5.74) is 0.0458. The maximum atomic E-state index is 13.6. The van der Waals surface area contributed by atoms with E-state index in [-0.39, 0.29) is 29.8 Å². The molecule has 2 aromatic rings. The molecule has 0 saturated heterocycles. The molecule has 0 unspecified atom stereocenters. The Morgan fingerprint density at radius 3 is 2.55 bits per heavy atom. The summed E-state index contributed by atoms with van der Waals surface area (Å²) >= 11 is 0. The second kappa shape index (κ2) is 9.09. The Labute approximate surface area is 179 Å². The van der Waals surface area contributed by atoms with E-state index in [2.05, 4.69) is 20.6 Å². The Kier molecular flexibility index (Phi) is 6.68. The van der Waals surface area contributed by atoms with Gasteiger partial charge in [-0.2, -0.15) is 18.2 Å². The number of nitrogens with one attached hydrogen (secondary N) is 2. The lowest BCUT2D eigenvalue weighted by atomic mass is 10.1. The predicted octanol–water partition coefficient (Wildman–Crippen LogP) is 3.84. The number of benzene rings is 1. The lowest BCUT2D eigenvalue weighted by Crippen LogP contribution is -2.39. The standard InChI is InChI=1S/C21H27F3N6O/c1-29(2)17-10-6-9-16(17)27-18-15(21(22,23)24)12-25-20(28-18)26-14-8-5-7-13(11-14)19(31)30(3)4/h5,7-8,11-12,16-17H,6,9-10H2,1-4H3,(H2,25,26,27,28)/t16-,17-/m1/s1. The Balaban J connectivity index is 1.88. The molecule has 1 saturated carbocycles. The van der Waals surface area contributed by atoms with Crippen molar-refractivity contribution in [1.82, 2.24) is 19.8 Å². The molecule has 7 nitrogen and oxygen atoms in total. The summed E-state index contributed by atoms with van der Waals surface area (Å²) < 4.78 is 40.7. The van der Waals surface area contributed by atoms with Crippen LogP contribution in [0.25, 0.3) is 0 Å². The van der Waals surface area contributed by atoms with E-state index in [0.717, 1.165) is 25.5 Å². The van der Waals surface area contributed by atoms with Gasteiger partial charge < -0.3 is 20.4 Å². The van der Waals surface area contributed by atoms with Gasteiger partial charge in [-0.15, -0.1) is 0 Å². The van der Waals surface area contributed by atoms with E-state index in [1.165, 1.54) is 4.90 Å². The Bertz CT molecular complexity index is 932. The van der Waals surface area contributed by atoms with Crippen LogP contribution in [0.5, 0.6) is 0 Å². The van der Waals surface area contributed by atoms with Crippen LogP contribution in [0.4, 0.5) is 30.6 Å². The largest absolute Gasteiger partial charge is 0.421 e. The lowest BCUT2D eigenvalue weighted by Gasteiger charge is -2.28. The van der Waals surface area contributed by atoms with E-state index in [9.17, 15) is 18.0 Å². The highest BCUT2D eigenvalue weighted by atomic mass is 19.4. The van der Waals surface area contributed by atoms with Gasteiger partial charge in [0, 0.05) is 43.6 Å². The topological polar surface area (TPSA) is 73.4 Å². The van der Waals surface area contributed by atoms with Crippen molar-refractivity contribution in [2.75, 3.05) is 38.8 Å². The molecular formula is C21H27F3N6O. The molecule has 1 aliphatic rings. The fourth-order valence-electron chi connectivity index (χ4n) is 3.78. The van der Waals surface area contributed by atoms with Crippen molar-refractivity contribution in [1.29, 1.82) is 0 Å². The summed E-state index contributed by atoms with van der Waals surface area (Å²) in [7, 11) is 7.13. The molecule has 31 heavy (non-hydrogen) atoms. The van der Waals surface area contributed by atoms with Crippen LogP contribution in [-0.2, 0) is 6.18 Å². The number of likely N-dealkylation sites (N-methyl/N-ethyl adjacent to an activating group) is 1. The molecule has 0 radical (unpaired) electrons. The van der Waals surface area contributed by atoms with Crippen LogP contribution < -0.4 is 10.6 Å². The molecule has 2 atom stereocenters. The van der Waals surface area contributed by atoms with Crippen molar-refractivity contribution < 1.29 is 18.0 Å². The molecule has 1 amide bonds. The first-order valence-corrected chi connectivity index (χ1v) is 10.0. The van der Waals surface area contributed by atoms with Crippen molar-refractivity contribution in [3.8, 4) is 0 Å². The van der Waals surface area contributed by atoms with Gasteiger partial charge in [-0.25, -0.2) is 4.98 Å². The monoisotopic (exact) mass is 436 g/mol. The van der Waals surface area contributed by atoms with Gasteiger partial charge in [0.15, 0.2) is 0 Å². The van der Waals surface area contributed by atoms with E-state index >= 15 is 0 Å². The number of nitrogens with zero attached hydrogens (tertiary/aromatic N) is 4. The van der Waals surface area contributed by atoms with Crippen molar-refractivity contribution in [2.24, 2.45) is 0 Å². The summed E-state index contributed by atoms with van der Waals surface area (Å²) in [6, 6.07) is 6.63. The van der Waals surface area contributed by atoms with Crippen LogP contribution in [0.1, 0.15) is 35.2 Å². The second-order valence-electron chi connectivity index (χ2n) is 8.07. The molecule has 0 bridgehead atoms. The van der Waals surface area contributed by atoms with Gasteiger partial charge in [-0.1, -0.05) is 6.07 Å². The molecule has 1 aromatic carbocycles. The van der Waals surface area contributed by atoms with Crippen molar-refractivity contribution in [3.63, 3.8) is 0 Å². The normalized spacial score (nSPS) is 18.8. The zero-order valence-corrected chi connectivity index (χ0v) is 18.0. The van der Waals surface area contributed by atoms with Gasteiger partial charge in [0.05, 0.1) is 0 Å². The number of alkyl halides is 3. The minimum Gasteiger partial charge on any atom is -0.365 e. The summed E-state index contributed by atoms with van der Waals surface area (Å²) in [6.45, 7) is 0. The molecule has 1 fully saturated rings. The minimum atomic E-state index is -4.58. The first-order valence-electron chi connectivity index (χ1n) is 10.0. The summed E-state index contributed by atoms with van der Waals surface area (Å²) in [5, 5.41) is 5.91. The number of halogens is 3. The highest BCUT2D eigenvalue weighted by Gasteiger charge is 2.37. The molecular weight excluding hydrogens is 409 g/mol. The van der Waals surface area contributed by atoms with Crippen molar-refractivity contribution in [2.45, 2.75) is 37.5 Å². The van der Waals surface area contributed by atoms with Crippen molar-refractivity contribution in [3.05, 3.63) is 41.6 Å². The molecule has 2 N–H and O–H groups in total. The summed E-state index contributed by atoms with van der Waals surface area (Å²) in [5.74, 6) is -0.413. The van der Waals surface area contributed by atoms with E-state index < -0.39 is 11.7 Å². The van der Waals surface area contributed by atoms with Crippen LogP contribution in [0.15, 0.2) is 30.5 Å². The summed E-state index contributed by atoms with van der Waals surface area (Å²) in [6.07, 6.45) is -1.18. The highest BCUT2D eigenvalue weighted by Crippen LogP contribution is 2.36. The third kappa shape index (κ3) is 5.43. The summed E-state index contributed by atoms with van der Waals surface area (Å²) in [4.78, 5) is 23.6. The minimum absolute atomic E-state index is 0.0179. The van der Waals surface area contributed by atoms with E-state index in [4.69, 9.17) is 0 Å². The number of anilines is 3. The van der Waals surface area contributed by atoms with E-state index in [1.807, 2.05) is 19.0 Å². The molecule has 10 heteroatoms. The molecule has 1 aliphatic carbocycles. The Morgan fingerprint density at radius 1 is 1.16 bits per heavy atom. The quantitative estimate of drug-likeness (QED) is 0.717. The lowest BCUT2D eigenvalue weighted by molar-refractivity contribution is -0.137. The first kappa shape index (κ1) is 22.8. The molecule has 1 aromatic heterocycles. The number of rotatable bonds is 6. The Morgan fingerprint density at radius 2 is 1.90 bits per heavy atom. The number of carbonyl (C=O) groups is 1. The molecule has 0 spiro atoms. The van der Waals surface area contributed by atoms with Crippen molar-refractivity contribution >= 4 is 23.4 Å². The van der Waals surface area contributed by atoms with E-state index in [1.54, 1.807) is 38.4 Å². The third-order valence-corrected chi connectivity index (χ3v) is 5.33. The SMILES string of the molecule is CN(C)C(=O)c1cccc(Nc2ncc(C(F)(F)F)c(N[C@@H]3CCC[C@H]3N(C)C)n2)c1. The van der Waals surface area contributed by atoms with Gasteiger partial charge in [0.2, 0.25) is 5.95 Å². The number of hydrogen-bond donors (Lipinski definition) is 2. The van der Waals surface area contributed by atoms with Crippen LogP contribution >= 0.6 is 0 Å². The number of amides is 1. The van der Waals surface area contributed by atoms with Crippen LogP contribution in [0.3, 0.4) is 0 Å². The average Bonchev–Trinajstić information content (AvgIpc) is 3.15. The first-order chi connectivity index (χ1) is 14.6. The molecule has 168 valence electrons. The predicted molar refractivity (Wildman–Crippen MR) is 114 cm³/mol. The second-order valence-corrected chi connectivity index (χ2v) is 8.07. The average molecular weight is 436 g/mol. The maximum absolute atomic E-state index is 13.6.